The first-order chi connectivity index (χ1) is 4.76. The van der Waals surface area contributed by atoms with E-state index in [-0.39, 0.29) is 0 Å². The molecule has 0 spiro atoms. The minimum absolute atomic E-state index is 0.623. The fourth-order valence-electron chi connectivity index (χ4n) is 2.33. The van der Waals surface area contributed by atoms with Crippen LogP contribution in [0.2, 0.25) is 0 Å². The lowest BCUT2D eigenvalue weighted by atomic mass is 9.89. The van der Waals surface area contributed by atoms with Gasteiger partial charge in [0.2, 0.25) is 0 Å². The SMILES string of the molecule is CC(C)C12COCCC1C2. The van der Waals surface area contributed by atoms with Gasteiger partial charge in [0, 0.05) is 6.61 Å². The monoisotopic (exact) mass is 140 g/mol. The highest BCUT2D eigenvalue weighted by Gasteiger charge is 2.57. The lowest BCUT2D eigenvalue weighted by molar-refractivity contribution is 0.0269. The third kappa shape index (κ3) is 0.731. The number of ether oxygens (including phenoxy) is 1. The number of fused-ring (bicyclic) bond motifs is 1. The van der Waals surface area contributed by atoms with Gasteiger partial charge in [0.25, 0.3) is 0 Å². The Hall–Kier alpha value is -0.0400. The molecule has 10 heavy (non-hydrogen) atoms. The van der Waals surface area contributed by atoms with E-state index in [1.807, 2.05) is 0 Å². The second-order valence-corrected chi connectivity index (χ2v) is 4.13. The summed E-state index contributed by atoms with van der Waals surface area (Å²) in [6.07, 6.45) is 2.75. The first kappa shape index (κ1) is 6.66. The molecule has 1 aliphatic carbocycles. The fourth-order valence-corrected chi connectivity index (χ4v) is 2.33. The van der Waals surface area contributed by atoms with Crippen molar-refractivity contribution in [1.29, 1.82) is 0 Å². The minimum Gasteiger partial charge on any atom is -0.381 e. The maximum absolute atomic E-state index is 5.49. The Balaban J connectivity index is 2.05. The van der Waals surface area contributed by atoms with Crippen LogP contribution in [0.15, 0.2) is 0 Å². The third-order valence-corrected chi connectivity index (χ3v) is 3.41. The van der Waals surface area contributed by atoms with Gasteiger partial charge in [0.15, 0.2) is 0 Å². The molecule has 1 heteroatoms. The van der Waals surface area contributed by atoms with Crippen LogP contribution in [0, 0.1) is 17.3 Å². The van der Waals surface area contributed by atoms with E-state index in [9.17, 15) is 0 Å². The van der Waals surface area contributed by atoms with Gasteiger partial charge >= 0.3 is 0 Å². The van der Waals surface area contributed by atoms with Crippen molar-refractivity contribution in [2.24, 2.45) is 17.3 Å². The van der Waals surface area contributed by atoms with E-state index in [0.29, 0.717) is 5.41 Å². The van der Waals surface area contributed by atoms with Gasteiger partial charge in [-0.05, 0) is 30.1 Å². The van der Waals surface area contributed by atoms with E-state index in [1.54, 1.807) is 0 Å². The van der Waals surface area contributed by atoms with Gasteiger partial charge in [-0.2, -0.15) is 0 Å². The van der Waals surface area contributed by atoms with E-state index >= 15 is 0 Å². The largest absolute Gasteiger partial charge is 0.381 e. The topological polar surface area (TPSA) is 9.23 Å². The molecule has 0 amide bonds. The standard InChI is InChI=1S/C9H16O/c1-7(2)9-5-8(9)3-4-10-6-9/h7-8H,3-6H2,1-2H3. The van der Waals surface area contributed by atoms with Gasteiger partial charge in [0.05, 0.1) is 6.61 Å². The van der Waals surface area contributed by atoms with Crippen molar-refractivity contribution in [2.45, 2.75) is 26.7 Å². The summed E-state index contributed by atoms with van der Waals surface area (Å²) in [6, 6.07) is 0. The first-order valence-electron chi connectivity index (χ1n) is 4.33. The molecule has 1 saturated heterocycles. The predicted molar refractivity (Wildman–Crippen MR) is 40.8 cm³/mol. The maximum atomic E-state index is 5.49. The molecule has 1 aliphatic heterocycles. The van der Waals surface area contributed by atoms with Crippen molar-refractivity contribution in [3.63, 3.8) is 0 Å². The molecule has 1 nitrogen and oxygen atoms in total. The van der Waals surface area contributed by atoms with Crippen LogP contribution in [-0.2, 0) is 4.74 Å². The van der Waals surface area contributed by atoms with Crippen molar-refractivity contribution in [2.75, 3.05) is 13.2 Å². The number of hydrogen-bond acceptors (Lipinski definition) is 1. The van der Waals surface area contributed by atoms with Gasteiger partial charge < -0.3 is 4.74 Å². The Morgan fingerprint density at radius 2 is 2.30 bits per heavy atom. The second kappa shape index (κ2) is 1.97. The molecule has 2 aliphatic rings. The van der Waals surface area contributed by atoms with Gasteiger partial charge in [-0.15, -0.1) is 0 Å². The molecule has 1 heterocycles. The summed E-state index contributed by atoms with van der Waals surface area (Å²) in [6.45, 7) is 6.71. The molecular formula is C9H16O. The van der Waals surface area contributed by atoms with Crippen LogP contribution in [0.25, 0.3) is 0 Å². The van der Waals surface area contributed by atoms with E-state index in [4.69, 9.17) is 4.74 Å². The van der Waals surface area contributed by atoms with Crippen LogP contribution in [0.1, 0.15) is 26.7 Å². The molecule has 58 valence electrons. The van der Waals surface area contributed by atoms with Crippen LogP contribution in [0.3, 0.4) is 0 Å². The Morgan fingerprint density at radius 1 is 1.50 bits per heavy atom. The van der Waals surface area contributed by atoms with Gasteiger partial charge in [-0.3, -0.25) is 0 Å². The minimum atomic E-state index is 0.623. The van der Waals surface area contributed by atoms with Crippen molar-refractivity contribution in [3.8, 4) is 0 Å². The molecule has 2 unspecified atom stereocenters. The highest BCUT2D eigenvalue weighted by Crippen LogP contribution is 2.61. The van der Waals surface area contributed by atoms with Crippen LogP contribution in [0.5, 0.6) is 0 Å². The number of rotatable bonds is 1. The maximum Gasteiger partial charge on any atom is 0.0527 e. The van der Waals surface area contributed by atoms with Crippen molar-refractivity contribution in [3.05, 3.63) is 0 Å². The highest BCUT2D eigenvalue weighted by molar-refractivity contribution is 5.05. The van der Waals surface area contributed by atoms with Gasteiger partial charge in [-0.25, -0.2) is 0 Å². The van der Waals surface area contributed by atoms with Crippen LogP contribution in [0.4, 0.5) is 0 Å². The molecule has 0 radical (unpaired) electrons. The molecule has 0 N–H and O–H groups in total. The Bertz CT molecular complexity index is 142. The number of hydrogen-bond donors (Lipinski definition) is 0. The highest BCUT2D eigenvalue weighted by atomic mass is 16.5. The Kier molecular flexibility index (Phi) is 1.31. The van der Waals surface area contributed by atoms with Crippen molar-refractivity contribution < 1.29 is 4.74 Å². The molecule has 0 aromatic heterocycles. The van der Waals surface area contributed by atoms with Crippen LogP contribution >= 0.6 is 0 Å². The van der Waals surface area contributed by atoms with Gasteiger partial charge in [-0.1, -0.05) is 13.8 Å². The van der Waals surface area contributed by atoms with Gasteiger partial charge in [0.1, 0.15) is 0 Å². The van der Waals surface area contributed by atoms with E-state index in [0.717, 1.165) is 25.0 Å². The van der Waals surface area contributed by atoms with Crippen LogP contribution < -0.4 is 0 Å². The normalized spacial score (nSPS) is 45.3. The third-order valence-electron chi connectivity index (χ3n) is 3.41. The summed E-state index contributed by atoms with van der Waals surface area (Å²) >= 11 is 0. The van der Waals surface area contributed by atoms with E-state index in [2.05, 4.69) is 13.8 Å². The summed E-state index contributed by atoms with van der Waals surface area (Å²) in [5, 5.41) is 0. The average molecular weight is 140 g/mol. The second-order valence-electron chi connectivity index (χ2n) is 4.13. The van der Waals surface area contributed by atoms with E-state index in [1.165, 1.54) is 12.8 Å². The Labute approximate surface area is 62.8 Å². The zero-order valence-electron chi connectivity index (χ0n) is 6.89. The van der Waals surface area contributed by atoms with Crippen molar-refractivity contribution in [1.82, 2.24) is 0 Å². The summed E-state index contributed by atoms with van der Waals surface area (Å²) in [5.74, 6) is 1.85. The quantitative estimate of drug-likeness (QED) is 0.541. The molecule has 0 aromatic rings. The molecule has 1 saturated carbocycles. The lowest BCUT2D eigenvalue weighted by Gasteiger charge is -2.25. The molecular weight excluding hydrogens is 124 g/mol. The van der Waals surface area contributed by atoms with E-state index < -0.39 is 0 Å². The zero-order valence-corrected chi connectivity index (χ0v) is 6.89. The van der Waals surface area contributed by atoms with Crippen LogP contribution in [-0.4, -0.2) is 13.2 Å². The molecule has 2 fully saturated rings. The predicted octanol–water partition coefficient (Wildman–Crippen LogP) is 2.07. The lowest BCUT2D eigenvalue weighted by Crippen LogP contribution is -2.24. The molecule has 2 atom stereocenters. The smallest absolute Gasteiger partial charge is 0.0527 e. The molecule has 0 aromatic carbocycles. The van der Waals surface area contributed by atoms with Crippen molar-refractivity contribution >= 4 is 0 Å². The Morgan fingerprint density at radius 3 is 2.80 bits per heavy atom. The zero-order chi connectivity index (χ0) is 7.19. The summed E-state index contributed by atoms with van der Waals surface area (Å²) < 4.78 is 5.49. The summed E-state index contributed by atoms with van der Waals surface area (Å²) in [5.41, 5.74) is 0.623. The molecule has 0 bridgehead atoms. The fraction of sp³-hybridized carbons (Fsp3) is 1.00. The summed E-state index contributed by atoms with van der Waals surface area (Å²) in [7, 11) is 0. The first-order valence-corrected chi connectivity index (χ1v) is 4.33. The average Bonchev–Trinajstić information content (AvgIpc) is 2.61. The summed E-state index contributed by atoms with van der Waals surface area (Å²) in [4.78, 5) is 0. The molecule has 2 rings (SSSR count).